The van der Waals surface area contributed by atoms with Crippen molar-refractivity contribution in [2.75, 3.05) is 20.2 Å². The fraction of sp³-hybridized carbons (Fsp3) is 0.654. The van der Waals surface area contributed by atoms with Crippen LogP contribution in [0.4, 0.5) is 0 Å². The summed E-state index contributed by atoms with van der Waals surface area (Å²) in [6.45, 7) is 3.53. The zero-order valence-corrected chi connectivity index (χ0v) is 19.8. The first kappa shape index (κ1) is 22.4. The van der Waals surface area contributed by atoms with E-state index in [0.717, 1.165) is 61.8 Å². The number of fused-ring (bicyclic) bond motifs is 3. The van der Waals surface area contributed by atoms with Crippen molar-refractivity contribution in [3.8, 4) is 5.75 Å². The number of benzene rings is 1. The number of hydrogen-bond acceptors (Lipinski definition) is 4. The molecule has 1 saturated carbocycles. The third-order valence-corrected chi connectivity index (χ3v) is 8.25. The maximum atomic E-state index is 13.0. The second kappa shape index (κ2) is 10.2. The summed E-state index contributed by atoms with van der Waals surface area (Å²) in [5, 5.41) is 12.1. The first-order chi connectivity index (χ1) is 16.2. The molecule has 3 aliphatic heterocycles. The summed E-state index contributed by atoms with van der Waals surface area (Å²) in [4.78, 5) is 14.6. The molecule has 6 rings (SSSR count). The van der Waals surface area contributed by atoms with Crippen molar-refractivity contribution < 1.29 is 14.4 Å². The number of para-hydroxylation sites is 1. The minimum Gasteiger partial charge on any atom is -0.496 e. The van der Waals surface area contributed by atoms with E-state index in [2.05, 4.69) is 26.5 Å². The Balaban J connectivity index is 1.13. The molecule has 0 radical (unpaired) electrons. The van der Waals surface area contributed by atoms with Crippen LogP contribution < -0.4 is 15.0 Å². The van der Waals surface area contributed by atoms with Gasteiger partial charge >= 0.3 is 0 Å². The van der Waals surface area contributed by atoms with Crippen LogP contribution in [0.1, 0.15) is 56.2 Å². The number of hydrogen-bond donors (Lipinski definition) is 2. The lowest BCUT2D eigenvalue weighted by Crippen LogP contribution is -3.20. The molecule has 7 heteroatoms. The number of carbonyl (C=O) groups is 1. The molecule has 4 atom stereocenters. The third kappa shape index (κ3) is 5.24. The van der Waals surface area contributed by atoms with Crippen molar-refractivity contribution in [3.05, 3.63) is 41.7 Å². The molecule has 7 nitrogen and oxygen atoms in total. The number of amides is 1. The van der Waals surface area contributed by atoms with Gasteiger partial charge in [0.2, 0.25) is 5.91 Å². The molecule has 1 unspecified atom stereocenters. The van der Waals surface area contributed by atoms with Crippen LogP contribution in [0.2, 0.25) is 0 Å². The predicted octanol–water partition coefficient (Wildman–Crippen LogP) is 2.02. The second-order valence-corrected chi connectivity index (χ2v) is 10.4. The normalized spacial score (nSPS) is 27.4. The third-order valence-electron chi connectivity index (χ3n) is 8.25. The van der Waals surface area contributed by atoms with Gasteiger partial charge in [0.1, 0.15) is 11.8 Å². The standard InChI is InChI=1S/C26H37N5O2/c1-33-25-10-6-5-9-21(25)15-27-26(32)24-18-30-12-11-20(24)14-23(30)17-31-16-22(28-29-31)13-19-7-3-2-4-8-19/h5-6,9-10,16,19-20,23-24H,2-4,7-8,11-15,17-18H2,1H3,(H,27,32)/p+1/t20-,23+,24-/m0/s1. The quantitative estimate of drug-likeness (QED) is 0.643. The van der Waals surface area contributed by atoms with Crippen LogP contribution in [0.15, 0.2) is 30.5 Å². The molecule has 1 aromatic carbocycles. The highest BCUT2D eigenvalue weighted by Crippen LogP contribution is 2.29. The summed E-state index contributed by atoms with van der Waals surface area (Å²) < 4.78 is 7.48. The van der Waals surface area contributed by atoms with E-state index < -0.39 is 0 Å². The lowest BCUT2D eigenvalue weighted by molar-refractivity contribution is -0.945. The van der Waals surface area contributed by atoms with E-state index in [-0.39, 0.29) is 11.8 Å². The fourth-order valence-corrected chi connectivity index (χ4v) is 6.42. The number of nitrogens with zero attached hydrogens (tertiary/aromatic N) is 3. The summed E-state index contributed by atoms with van der Waals surface area (Å²) in [5.41, 5.74) is 2.18. The Hall–Kier alpha value is -2.41. The summed E-state index contributed by atoms with van der Waals surface area (Å²) in [7, 11) is 1.67. The average Bonchev–Trinajstić information content (AvgIpc) is 3.30. The van der Waals surface area contributed by atoms with Gasteiger partial charge in [-0.05, 0) is 24.3 Å². The van der Waals surface area contributed by atoms with Crippen LogP contribution >= 0.6 is 0 Å². The number of methoxy groups -OCH3 is 1. The molecule has 4 heterocycles. The molecule has 1 amide bonds. The molecule has 1 aliphatic carbocycles. The minimum absolute atomic E-state index is 0.109. The maximum Gasteiger partial charge on any atom is 0.229 e. The first-order valence-corrected chi connectivity index (χ1v) is 12.8. The Kier molecular flexibility index (Phi) is 6.95. The molecule has 4 fully saturated rings. The number of nitrogens with one attached hydrogen (secondary N) is 2. The van der Waals surface area contributed by atoms with Gasteiger partial charge in [-0.1, -0.05) is 55.5 Å². The molecule has 3 saturated heterocycles. The van der Waals surface area contributed by atoms with Gasteiger partial charge in [-0.25, -0.2) is 4.68 Å². The Labute approximate surface area is 196 Å². The topological polar surface area (TPSA) is 73.5 Å². The fourth-order valence-electron chi connectivity index (χ4n) is 6.42. The van der Waals surface area contributed by atoms with E-state index in [1.165, 1.54) is 32.1 Å². The van der Waals surface area contributed by atoms with Crippen LogP contribution in [0.3, 0.4) is 0 Å². The van der Waals surface area contributed by atoms with Gasteiger partial charge < -0.3 is 15.0 Å². The zero-order chi connectivity index (χ0) is 22.6. The van der Waals surface area contributed by atoms with Gasteiger partial charge in [0, 0.05) is 31.1 Å². The van der Waals surface area contributed by atoms with Gasteiger partial charge in [0.05, 0.1) is 38.4 Å². The Bertz CT molecular complexity index is 938. The minimum atomic E-state index is 0.109. The maximum absolute atomic E-state index is 13.0. The number of ether oxygens (including phenoxy) is 1. The van der Waals surface area contributed by atoms with Crippen molar-refractivity contribution in [2.45, 2.75) is 70.5 Å². The number of carbonyl (C=O) groups excluding carboxylic acids is 1. The molecule has 2 bridgehead atoms. The highest BCUT2D eigenvalue weighted by atomic mass is 16.5. The number of rotatable bonds is 8. The van der Waals surface area contributed by atoms with Crippen LogP contribution in [0.5, 0.6) is 5.75 Å². The molecule has 2 N–H and O–H groups in total. The van der Waals surface area contributed by atoms with Crippen LogP contribution in [-0.2, 0) is 24.3 Å². The van der Waals surface area contributed by atoms with E-state index in [0.29, 0.717) is 18.5 Å². The molecular formula is C26H38N5O2+. The van der Waals surface area contributed by atoms with Crippen LogP contribution in [0.25, 0.3) is 0 Å². The molecule has 0 spiro atoms. The van der Waals surface area contributed by atoms with Crippen molar-refractivity contribution in [1.29, 1.82) is 0 Å². The number of aromatic nitrogens is 3. The molecule has 2 aromatic rings. The van der Waals surface area contributed by atoms with Crippen molar-refractivity contribution in [3.63, 3.8) is 0 Å². The van der Waals surface area contributed by atoms with E-state index in [1.54, 1.807) is 12.0 Å². The van der Waals surface area contributed by atoms with Gasteiger partial charge in [-0.2, -0.15) is 0 Å². The molecule has 1 aromatic heterocycles. The highest BCUT2D eigenvalue weighted by molar-refractivity contribution is 5.79. The van der Waals surface area contributed by atoms with Crippen molar-refractivity contribution in [2.24, 2.45) is 17.8 Å². The monoisotopic (exact) mass is 452 g/mol. The summed E-state index contributed by atoms with van der Waals surface area (Å²) in [6, 6.07) is 8.42. The summed E-state index contributed by atoms with van der Waals surface area (Å²) in [6.07, 6.45) is 12.3. The smallest absolute Gasteiger partial charge is 0.229 e. The van der Waals surface area contributed by atoms with E-state index in [9.17, 15) is 4.79 Å². The molecular weight excluding hydrogens is 414 g/mol. The second-order valence-electron chi connectivity index (χ2n) is 10.4. The molecule has 4 aliphatic rings. The van der Waals surface area contributed by atoms with Gasteiger partial charge in [0.15, 0.2) is 0 Å². The molecule has 178 valence electrons. The van der Waals surface area contributed by atoms with Gasteiger partial charge in [-0.3, -0.25) is 4.79 Å². The van der Waals surface area contributed by atoms with Gasteiger partial charge in [-0.15, -0.1) is 5.10 Å². The summed E-state index contributed by atoms with van der Waals surface area (Å²) >= 11 is 0. The van der Waals surface area contributed by atoms with Crippen LogP contribution in [0, 0.1) is 17.8 Å². The Morgan fingerprint density at radius 2 is 2.06 bits per heavy atom. The lowest BCUT2D eigenvalue weighted by Gasteiger charge is -2.46. The largest absolute Gasteiger partial charge is 0.496 e. The Morgan fingerprint density at radius 1 is 1.21 bits per heavy atom. The first-order valence-electron chi connectivity index (χ1n) is 12.8. The van der Waals surface area contributed by atoms with Crippen molar-refractivity contribution in [1.82, 2.24) is 20.3 Å². The Morgan fingerprint density at radius 3 is 2.85 bits per heavy atom. The highest BCUT2D eigenvalue weighted by Gasteiger charge is 2.46. The zero-order valence-electron chi connectivity index (χ0n) is 19.8. The van der Waals surface area contributed by atoms with E-state index in [4.69, 9.17) is 4.74 Å². The lowest BCUT2D eigenvalue weighted by atomic mass is 9.75. The SMILES string of the molecule is COc1ccccc1CNC(=O)[C@H]1C[NH+]2CC[C@H]1C[C@@H]2Cn1cc(CC2CCCCC2)nn1. The van der Waals surface area contributed by atoms with Crippen molar-refractivity contribution >= 4 is 5.91 Å². The summed E-state index contributed by atoms with van der Waals surface area (Å²) in [5.74, 6) is 2.39. The van der Waals surface area contributed by atoms with E-state index >= 15 is 0 Å². The predicted molar refractivity (Wildman–Crippen MR) is 126 cm³/mol. The average molecular weight is 453 g/mol. The van der Waals surface area contributed by atoms with Crippen LogP contribution in [-0.4, -0.2) is 47.1 Å². The van der Waals surface area contributed by atoms with Gasteiger partial charge in [0.25, 0.3) is 0 Å². The molecule has 33 heavy (non-hydrogen) atoms. The number of piperidine rings is 3. The number of quaternary nitrogens is 1. The van der Waals surface area contributed by atoms with E-state index in [1.807, 2.05) is 24.3 Å².